The summed E-state index contributed by atoms with van der Waals surface area (Å²) < 4.78 is 0. The third kappa shape index (κ3) is 2.92. The minimum atomic E-state index is 0.133. The molecule has 0 aromatic rings. The average molecular weight is 138 g/mol. The predicted octanol–water partition coefficient (Wildman–Crippen LogP) is 3.08. The third-order valence-electron chi connectivity index (χ3n) is 1.99. The van der Waals surface area contributed by atoms with Crippen molar-refractivity contribution in [2.24, 2.45) is 11.3 Å². The van der Waals surface area contributed by atoms with Crippen molar-refractivity contribution in [1.82, 2.24) is 0 Å². The van der Waals surface area contributed by atoms with Gasteiger partial charge in [0.05, 0.1) is 0 Å². The zero-order chi connectivity index (χ0) is 8.20. The summed E-state index contributed by atoms with van der Waals surface area (Å²) in [6, 6.07) is 0. The van der Waals surface area contributed by atoms with Gasteiger partial charge in [0.1, 0.15) is 0 Å². The minimum absolute atomic E-state index is 0.133. The van der Waals surface area contributed by atoms with Crippen LogP contribution in [0.3, 0.4) is 0 Å². The van der Waals surface area contributed by atoms with Gasteiger partial charge in [-0.3, -0.25) is 0 Å². The third-order valence-corrected chi connectivity index (χ3v) is 1.99. The lowest BCUT2D eigenvalue weighted by atomic mass is 9.81. The highest BCUT2D eigenvalue weighted by Crippen LogP contribution is 2.28. The first-order chi connectivity index (χ1) is 4.54. The van der Waals surface area contributed by atoms with Crippen molar-refractivity contribution >= 4 is 0 Å². The van der Waals surface area contributed by atoms with Crippen LogP contribution in [0.4, 0.5) is 0 Å². The largest absolute Gasteiger partial charge is 0.120 e. The van der Waals surface area contributed by atoms with E-state index in [1.54, 1.807) is 0 Å². The Labute approximate surface area is 65.0 Å². The monoisotopic (exact) mass is 138 g/mol. The lowest BCUT2D eigenvalue weighted by Crippen LogP contribution is -2.14. The molecule has 0 heterocycles. The molecule has 0 fully saturated rings. The van der Waals surface area contributed by atoms with E-state index in [1.807, 2.05) is 0 Å². The highest BCUT2D eigenvalue weighted by atomic mass is 14.2. The maximum absolute atomic E-state index is 5.42. The molecule has 10 heavy (non-hydrogen) atoms. The maximum atomic E-state index is 5.42. The minimum Gasteiger partial charge on any atom is -0.120 e. The van der Waals surface area contributed by atoms with Crippen LogP contribution in [0.15, 0.2) is 0 Å². The molecule has 0 aromatic carbocycles. The second-order valence-electron chi connectivity index (χ2n) is 3.66. The first kappa shape index (κ1) is 9.56. The molecule has 0 radical (unpaired) electrons. The van der Waals surface area contributed by atoms with Gasteiger partial charge in [-0.05, 0) is 25.7 Å². The number of rotatable bonds is 3. The molecule has 0 spiro atoms. The Morgan fingerprint density at radius 3 is 2.10 bits per heavy atom. The standard InChI is InChI=1S/C10H18/c1-6-10(5,7-2)8-9(3)4/h1,9H,7-8H2,2-5H3. The number of hydrogen-bond donors (Lipinski definition) is 0. The van der Waals surface area contributed by atoms with Crippen LogP contribution < -0.4 is 0 Å². The first-order valence-electron chi connectivity index (χ1n) is 4.02. The topological polar surface area (TPSA) is 0 Å². The summed E-state index contributed by atoms with van der Waals surface area (Å²) in [5.74, 6) is 3.57. The van der Waals surface area contributed by atoms with E-state index in [-0.39, 0.29) is 5.41 Å². The van der Waals surface area contributed by atoms with Gasteiger partial charge in [0, 0.05) is 5.41 Å². The molecule has 0 amide bonds. The summed E-state index contributed by atoms with van der Waals surface area (Å²) >= 11 is 0. The highest BCUT2D eigenvalue weighted by molar-refractivity contribution is 5.02. The van der Waals surface area contributed by atoms with Gasteiger partial charge in [-0.1, -0.05) is 20.8 Å². The van der Waals surface area contributed by atoms with Gasteiger partial charge in [0.25, 0.3) is 0 Å². The van der Waals surface area contributed by atoms with Crippen LogP contribution >= 0.6 is 0 Å². The molecule has 0 aromatic heterocycles. The van der Waals surface area contributed by atoms with Gasteiger partial charge in [-0.25, -0.2) is 0 Å². The molecule has 58 valence electrons. The van der Waals surface area contributed by atoms with E-state index in [0.717, 1.165) is 12.8 Å². The van der Waals surface area contributed by atoms with E-state index in [2.05, 4.69) is 33.6 Å². The Kier molecular flexibility index (Phi) is 3.50. The second-order valence-corrected chi connectivity index (χ2v) is 3.66. The van der Waals surface area contributed by atoms with Crippen LogP contribution in [0, 0.1) is 23.7 Å². The van der Waals surface area contributed by atoms with E-state index in [1.165, 1.54) is 0 Å². The molecule has 0 nitrogen and oxygen atoms in total. The molecule has 1 atom stereocenters. The number of terminal acetylenes is 1. The Morgan fingerprint density at radius 1 is 1.50 bits per heavy atom. The van der Waals surface area contributed by atoms with Gasteiger partial charge >= 0.3 is 0 Å². The van der Waals surface area contributed by atoms with Gasteiger partial charge in [-0.15, -0.1) is 12.3 Å². The second kappa shape index (κ2) is 3.66. The molecule has 0 saturated heterocycles. The molecule has 0 aliphatic rings. The van der Waals surface area contributed by atoms with E-state index in [4.69, 9.17) is 6.42 Å². The zero-order valence-electron chi connectivity index (χ0n) is 7.57. The van der Waals surface area contributed by atoms with Gasteiger partial charge < -0.3 is 0 Å². The highest BCUT2D eigenvalue weighted by Gasteiger charge is 2.19. The lowest BCUT2D eigenvalue weighted by Gasteiger charge is -2.23. The van der Waals surface area contributed by atoms with Crippen molar-refractivity contribution in [3.05, 3.63) is 0 Å². The van der Waals surface area contributed by atoms with E-state index in [0.29, 0.717) is 5.92 Å². The van der Waals surface area contributed by atoms with Crippen LogP contribution in [0.25, 0.3) is 0 Å². The fourth-order valence-electron chi connectivity index (χ4n) is 1.21. The molecule has 0 heteroatoms. The average Bonchev–Trinajstić information content (AvgIpc) is 1.87. The molecule has 0 rings (SSSR count). The Bertz CT molecular complexity index is 127. The summed E-state index contributed by atoms with van der Waals surface area (Å²) in [6.07, 6.45) is 7.64. The SMILES string of the molecule is C#CC(C)(CC)CC(C)C. The predicted molar refractivity (Wildman–Crippen MR) is 46.7 cm³/mol. The Balaban J connectivity index is 3.97. The normalized spacial score (nSPS) is 16.4. The van der Waals surface area contributed by atoms with Crippen molar-refractivity contribution in [2.45, 2.75) is 40.5 Å². The lowest BCUT2D eigenvalue weighted by molar-refractivity contribution is 0.337. The van der Waals surface area contributed by atoms with Crippen LogP contribution in [0.5, 0.6) is 0 Å². The summed E-state index contributed by atoms with van der Waals surface area (Å²) in [5, 5.41) is 0. The summed E-state index contributed by atoms with van der Waals surface area (Å²) in [5.41, 5.74) is 0.133. The molecule has 0 aliphatic heterocycles. The zero-order valence-corrected chi connectivity index (χ0v) is 7.57. The van der Waals surface area contributed by atoms with Crippen molar-refractivity contribution in [3.63, 3.8) is 0 Å². The van der Waals surface area contributed by atoms with Crippen molar-refractivity contribution in [2.75, 3.05) is 0 Å². The molecule has 0 aliphatic carbocycles. The van der Waals surface area contributed by atoms with Crippen molar-refractivity contribution < 1.29 is 0 Å². The number of hydrogen-bond acceptors (Lipinski definition) is 0. The molecule has 0 bridgehead atoms. The smallest absolute Gasteiger partial charge is 0.0283 e. The molecule has 0 N–H and O–H groups in total. The van der Waals surface area contributed by atoms with Gasteiger partial charge in [0.15, 0.2) is 0 Å². The van der Waals surface area contributed by atoms with Gasteiger partial charge in [0.2, 0.25) is 0 Å². The molecular weight excluding hydrogens is 120 g/mol. The van der Waals surface area contributed by atoms with Gasteiger partial charge in [-0.2, -0.15) is 0 Å². The Morgan fingerprint density at radius 2 is 2.00 bits per heavy atom. The van der Waals surface area contributed by atoms with Crippen molar-refractivity contribution in [1.29, 1.82) is 0 Å². The summed E-state index contributed by atoms with van der Waals surface area (Å²) in [4.78, 5) is 0. The quantitative estimate of drug-likeness (QED) is 0.526. The van der Waals surface area contributed by atoms with E-state index < -0.39 is 0 Å². The van der Waals surface area contributed by atoms with E-state index >= 15 is 0 Å². The van der Waals surface area contributed by atoms with Crippen molar-refractivity contribution in [3.8, 4) is 12.3 Å². The van der Waals surface area contributed by atoms with Crippen LogP contribution in [-0.4, -0.2) is 0 Å². The van der Waals surface area contributed by atoms with Crippen LogP contribution in [0.2, 0.25) is 0 Å². The molecular formula is C10H18. The fraction of sp³-hybridized carbons (Fsp3) is 0.800. The van der Waals surface area contributed by atoms with Crippen LogP contribution in [-0.2, 0) is 0 Å². The molecule has 1 unspecified atom stereocenters. The van der Waals surface area contributed by atoms with Crippen LogP contribution in [0.1, 0.15) is 40.5 Å². The summed E-state index contributed by atoms with van der Waals surface area (Å²) in [6.45, 7) is 8.74. The first-order valence-corrected chi connectivity index (χ1v) is 4.02. The Hall–Kier alpha value is -0.440. The fourth-order valence-corrected chi connectivity index (χ4v) is 1.21. The van der Waals surface area contributed by atoms with E-state index in [9.17, 15) is 0 Å². The maximum Gasteiger partial charge on any atom is 0.0283 e. The molecule has 0 saturated carbocycles. The summed E-state index contributed by atoms with van der Waals surface area (Å²) in [7, 11) is 0.